The van der Waals surface area contributed by atoms with Crippen molar-refractivity contribution in [2.45, 2.75) is 19.4 Å². The Hall–Kier alpha value is -4.52. The number of para-hydroxylation sites is 2. The van der Waals surface area contributed by atoms with Crippen molar-refractivity contribution >= 4 is 27.7 Å². The van der Waals surface area contributed by atoms with Crippen LogP contribution in [0.15, 0.2) is 84.9 Å². The molecule has 0 saturated heterocycles. The molecular formula is C31H31N3O4. The lowest BCUT2D eigenvalue weighted by molar-refractivity contribution is 0.0953. The largest absolute Gasteiger partial charge is 0.494 e. The zero-order valence-corrected chi connectivity index (χ0v) is 21.6. The van der Waals surface area contributed by atoms with Gasteiger partial charge in [0.2, 0.25) is 0 Å². The van der Waals surface area contributed by atoms with Gasteiger partial charge < -0.3 is 24.1 Å². The van der Waals surface area contributed by atoms with E-state index in [0.29, 0.717) is 36.6 Å². The average molecular weight is 510 g/mol. The number of methoxy groups -OCH3 is 2. The van der Waals surface area contributed by atoms with Crippen molar-refractivity contribution < 1.29 is 19.0 Å². The first-order valence-electron chi connectivity index (χ1n) is 12.7. The Balaban J connectivity index is 1.21. The highest BCUT2D eigenvalue weighted by atomic mass is 16.5. The van der Waals surface area contributed by atoms with Gasteiger partial charge in [-0.3, -0.25) is 4.79 Å². The number of carbonyl (C=O) groups is 1. The van der Waals surface area contributed by atoms with Crippen LogP contribution in [0, 0.1) is 0 Å². The third-order valence-corrected chi connectivity index (χ3v) is 6.53. The zero-order valence-electron chi connectivity index (χ0n) is 21.6. The van der Waals surface area contributed by atoms with Gasteiger partial charge in [0.15, 0.2) is 11.5 Å². The second kappa shape index (κ2) is 11.7. The fourth-order valence-corrected chi connectivity index (χ4v) is 4.60. The maximum Gasteiger partial charge on any atom is 0.251 e. The van der Waals surface area contributed by atoms with Gasteiger partial charge in [-0.05, 0) is 59.7 Å². The zero-order chi connectivity index (χ0) is 26.3. The van der Waals surface area contributed by atoms with Gasteiger partial charge in [-0.1, -0.05) is 42.5 Å². The number of nitrogens with one attached hydrogen (secondary N) is 1. The van der Waals surface area contributed by atoms with E-state index in [9.17, 15) is 4.79 Å². The highest BCUT2D eigenvalue weighted by Gasteiger charge is 2.13. The Morgan fingerprint density at radius 1 is 0.868 bits per heavy atom. The van der Waals surface area contributed by atoms with Crippen molar-refractivity contribution in [2.24, 2.45) is 0 Å². The van der Waals surface area contributed by atoms with Gasteiger partial charge in [0.25, 0.3) is 5.91 Å². The summed E-state index contributed by atoms with van der Waals surface area (Å²) in [7, 11) is 3.12. The van der Waals surface area contributed by atoms with Crippen molar-refractivity contribution in [1.29, 1.82) is 0 Å². The maximum absolute atomic E-state index is 12.7. The second-order valence-corrected chi connectivity index (χ2v) is 8.96. The van der Waals surface area contributed by atoms with Gasteiger partial charge in [-0.15, -0.1) is 0 Å². The summed E-state index contributed by atoms with van der Waals surface area (Å²) in [6.07, 6.45) is 1.44. The monoisotopic (exact) mass is 509 g/mol. The number of carbonyl (C=O) groups excluding carboxylic acids is 1. The van der Waals surface area contributed by atoms with Crippen LogP contribution in [0.4, 0.5) is 0 Å². The number of rotatable bonds is 11. The van der Waals surface area contributed by atoms with Crippen LogP contribution in [0.3, 0.4) is 0 Å². The minimum Gasteiger partial charge on any atom is -0.494 e. The SMILES string of the molecule is COc1ccc(C(=O)NCCc2nc3ccccc3n2CCCOc2ccc3ccccc3c2)cc1OC. The van der Waals surface area contributed by atoms with Crippen LogP contribution in [0.25, 0.3) is 21.8 Å². The number of hydrogen-bond donors (Lipinski definition) is 1. The van der Waals surface area contributed by atoms with E-state index < -0.39 is 0 Å². The van der Waals surface area contributed by atoms with Crippen LogP contribution in [0.5, 0.6) is 17.2 Å². The number of aryl methyl sites for hydroxylation is 1. The average Bonchev–Trinajstić information content (AvgIpc) is 3.31. The molecule has 4 aromatic carbocycles. The molecular weight excluding hydrogens is 478 g/mol. The molecule has 0 bridgehead atoms. The van der Waals surface area contributed by atoms with Gasteiger partial charge in [-0.2, -0.15) is 0 Å². The van der Waals surface area contributed by atoms with Crippen LogP contribution in [0.1, 0.15) is 22.6 Å². The molecule has 0 aliphatic rings. The van der Waals surface area contributed by atoms with E-state index in [0.717, 1.165) is 35.6 Å². The molecule has 1 N–H and O–H groups in total. The molecule has 1 heterocycles. The Bertz CT molecular complexity index is 1560. The molecule has 0 radical (unpaired) electrons. The van der Waals surface area contributed by atoms with Crippen molar-refractivity contribution in [1.82, 2.24) is 14.9 Å². The van der Waals surface area contributed by atoms with Crippen molar-refractivity contribution in [2.75, 3.05) is 27.4 Å². The summed E-state index contributed by atoms with van der Waals surface area (Å²) in [6.45, 7) is 1.83. The summed E-state index contributed by atoms with van der Waals surface area (Å²) < 4.78 is 18.8. The number of imidazole rings is 1. The first-order chi connectivity index (χ1) is 18.7. The summed E-state index contributed by atoms with van der Waals surface area (Å²) in [5.74, 6) is 2.74. The minimum absolute atomic E-state index is 0.169. The van der Waals surface area contributed by atoms with Gasteiger partial charge in [0.1, 0.15) is 11.6 Å². The number of nitrogens with zero attached hydrogens (tertiary/aromatic N) is 2. The third-order valence-electron chi connectivity index (χ3n) is 6.53. The predicted molar refractivity (Wildman–Crippen MR) is 149 cm³/mol. The summed E-state index contributed by atoms with van der Waals surface area (Å²) >= 11 is 0. The Kier molecular flexibility index (Phi) is 7.73. The molecule has 0 atom stereocenters. The first-order valence-corrected chi connectivity index (χ1v) is 12.7. The van der Waals surface area contributed by atoms with Crippen LogP contribution in [0.2, 0.25) is 0 Å². The molecule has 0 aliphatic carbocycles. The fraction of sp³-hybridized carbons (Fsp3) is 0.226. The number of ether oxygens (including phenoxy) is 3. The number of aromatic nitrogens is 2. The summed E-state index contributed by atoms with van der Waals surface area (Å²) in [5, 5.41) is 5.37. The second-order valence-electron chi connectivity index (χ2n) is 8.96. The normalized spacial score (nSPS) is 11.0. The topological polar surface area (TPSA) is 74.6 Å². The smallest absolute Gasteiger partial charge is 0.251 e. The molecule has 194 valence electrons. The molecule has 7 nitrogen and oxygen atoms in total. The molecule has 0 fully saturated rings. The Labute approximate surface area is 222 Å². The van der Waals surface area contributed by atoms with Gasteiger partial charge in [0.05, 0.1) is 31.9 Å². The molecule has 0 saturated carbocycles. The molecule has 1 amide bonds. The van der Waals surface area contributed by atoms with E-state index in [1.54, 1.807) is 32.4 Å². The van der Waals surface area contributed by atoms with E-state index in [1.807, 2.05) is 36.4 Å². The first kappa shape index (κ1) is 25.1. The highest BCUT2D eigenvalue weighted by Crippen LogP contribution is 2.27. The molecule has 0 aliphatic heterocycles. The molecule has 5 aromatic rings. The Morgan fingerprint density at radius 2 is 1.66 bits per heavy atom. The van der Waals surface area contributed by atoms with E-state index in [2.05, 4.69) is 40.2 Å². The molecule has 0 spiro atoms. The number of hydrogen-bond acceptors (Lipinski definition) is 5. The summed E-state index contributed by atoms with van der Waals surface area (Å²) in [6, 6.07) is 27.7. The van der Waals surface area contributed by atoms with Crippen molar-refractivity contribution in [3.05, 3.63) is 96.3 Å². The quantitative estimate of drug-likeness (QED) is 0.233. The number of amides is 1. The van der Waals surface area contributed by atoms with E-state index in [4.69, 9.17) is 19.2 Å². The van der Waals surface area contributed by atoms with Gasteiger partial charge in [-0.25, -0.2) is 4.98 Å². The minimum atomic E-state index is -0.169. The van der Waals surface area contributed by atoms with Gasteiger partial charge in [0, 0.05) is 25.1 Å². The van der Waals surface area contributed by atoms with E-state index in [-0.39, 0.29) is 5.91 Å². The third kappa shape index (κ3) is 5.57. The van der Waals surface area contributed by atoms with Crippen LogP contribution >= 0.6 is 0 Å². The molecule has 5 rings (SSSR count). The standard InChI is InChI=1S/C31H31N3O4/c1-36-28-15-13-24(21-29(28)37-2)31(35)32-17-16-30-33-26-10-5-6-11-27(26)34(30)18-7-19-38-25-14-12-22-8-3-4-9-23(22)20-25/h3-6,8-15,20-21H,7,16-19H2,1-2H3,(H,32,35). The maximum atomic E-state index is 12.7. The van der Waals surface area contributed by atoms with E-state index in [1.165, 1.54) is 10.8 Å². The van der Waals surface area contributed by atoms with Crippen LogP contribution < -0.4 is 19.5 Å². The fourth-order valence-electron chi connectivity index (χ4n) is 4.60. The Morgan fingerprint density at radius 3 is 2.50 bits per heavy atom. The van der Waals surface area contributed by atoms with Crippen LogP contribution in [-0.4, -0.2) is 42.8 Å². The molecule has 0 unspecified atom stereocenters. The molecule has 7 heteroatoms. The predicted octanol–water partition coefficient (Wildman–Crippen LogP) is 5.65. The van der Waals surface area contributed by atoms with Crippen molar-refractivity contribution in [3.63, 3.8) is 0 Å². The van der Waals surface area contributed by atoms with Crippen molar-refractivity contribution in [3.8, 4) is 17.2 Å². The lowest BCUT2D eigenvalue weighted by atomic mass is 10.1. The lowest BCUT2D eigenvalue weighted by Crippen LogP contribution is -2.26. The van der Waals surface area contributed by atoms with E-state index >= 15 is 0 Å². The highest BCUT2D eigenvalue weighted by molar-refractivity contribution is 5.94. The molecule has 38 heavy (non-hydrogen) atoms. The number of fused-ring (bicyclic) bond motifs is 2. The van der Waals surface area contributed by atoms with Gasteiger partial charge >= 0.3 is 0 Å². The molecule has 1 aromatic heterocycles. The number of benzene rings is 4. The van der Waals surface area contributed by atoms with Crippen LogP contribution in [-0.2, 0) is 13.0 Å². The lowest BCUT2D eigenvalue weighted by Gasteiger charge is -2.12. The summed E-state index contributed by atoms with van der Waals surface area (Å²) in [5.41, 5.74) is 2.55. The summed E-state index contributed by atoms with van der Waals surface area (Å²) in [4.78, 5) is 17.6.